The Hall–Kier alpha value is -2.38. The standard InChI is InChI=1S/C21H30N4O3/c1-23-14-17(20(26)24(2)21(23)27)15-25(18-9-10-22-13-18)11-5-7-16-6-4-8-19(12-16)28-3/h4,6,8,12,14,18,22H,5,7,9-11,13,15H2,1-3H3. The van der Waals surface area contributed by atoms with Gasteiger partial charge in [-0.3, -0.25) is 14.3 Å². The smallest absolute Gasteiger partial charge is 0.330 e. The van der Waals surface area contributed by atoms with Gasteiger partial charge in [0, 0.05) is 45.0 Å². The van der Waals surface area contributed by atoms with Gasteiger partial charge < -0.3 is 14.6 Å². The highest BCUT2D eigenvalue weighted by Gasteiger charge is 2.23. The quantitative estimate of drug-likeness (QED) is 0.730. The van der Waals surface area contributed by atoms with Gasteiger partial charge in [0.2, 0.25) is 0 Å². The predicted molar refractivity (Wildman–Crippen MR) is 110 cm³/mol. The van der Waals surface area contributed by atoms with Crippen LogP contribution in [0, 0.1) is 0 Å². The van der Waals surface area contributed by atoms with E-state index in [1.54, 1.807) is 27.4 Å². The molecule has 1 saturated heterocycles. The van der Waals surface area contributed by atoms with Crippen LogP contribution >= 0.6 is 0 Å². The van der Waals surface area contributed by atoms with E-state index < -0.39 is 0 Å². The molecule has 152 valence electrons. The van der Waals surface area contributed by atoms with E-state index in [4.69, 9.17) is 4.74 Å². The van der Waals surface area contributed by atoms with Gasteiger partial charge in [0.15, 0.2) is 0 Å². The van der Waals surface area contributed by atoms with Crippen LogP contribution in [0.1, 0.15) is 24.0 Å². The third-order valence-electron chi connectivity index (χ3n) is 5.49. The zero-order valence-corrected chi connectivity index (χ0v) is 17.0. The van der Waals surface area contributed by atoms with Crippen molar-refractivity contribution in [3.05, 3.63) is 62.4 Å². The molecule has 0 aliphatic carbocycles. The minimum absolute atomic E-state index is 0.202. The lowest BCUT2D eigenvalue weighted by Gasteiger charge is -2.28. The van der Waals surface area contributed by atoms with Crippen LogP contribution in [-0.4, -0.2) is 46.8 Å². The molecular weight excluding hydrogens is 356 g/mol. The zero-order chi connectivity index (χ0) is 20.1. The van der Waals surface area contributed by atoms with E-state index in [0.29, 0.717) is 18.2 Å². The van der Waals surface area contributed by atoms with Gasteiger partial charge in [0.1, 0.15) is 5.75 Å². The number of nitrogens with zero attached hydrogens (tertiary/aromatic N) is 3. The summed E-state index contributed by atoms with van der Waals surface area (Å²) in [5, 5.41) is 3.41. The second-order valence-corrected chi connectivity index (χ2v) is 7.48. The Labute approximate surface area is 165 Å². The fourth-order valence-electron chi connectivity index (χ4n) is 3.87. The van der Waals surface area contributed by atoms with Crippen molar-refractivity contribution in [2.75, 3.05) is 26.7 Å². The van der Waals surface area contributed by atoms with E-state index in [-0.39, 0.29) is 11.2 Å². The number of methoxy groups -OCH3 is 1. The summed E-state index contributed by atoms with van der Waals surface area (Å²) >= 11 is 0. The Morgan fingerprint density at radius 3 is 2.82 bits per heavy atom. The maximum absolute atomic E-state index is 12.6. The highest BCUT2D eigenvalue weighted by atomic mass is 16.5. The van der Waals surface area contributed by atoms with Crippen molar-refractivity contribution in [3.63, 3.8) is 0 Å². The highest BCUT2D eigenvalue weighted by Crippen LogP contribution is 2.16. The average molecular weight is 386 g/mol. The number of aryl methyl sites for hydroxylation is 2. The minimum Gasteiger partial charge on any atom is -0.497 e. The summed E-state index contributed by atoms with van der Waals surface area (Å²) in [7, 11) is 4.91. The lowest BCUT2D eigenvalue weighted by atomic mass is 10.1. The predicted octanol–water partition coefficient (Wildman–Crippen LogP) is 0.889. The van der Waals surface area contributed by atoms with Crippen LogP contribution in [0.2, 0.25) is 0 Å². The molecule has 28 heavy (non-hydrogen) atoms. The van der Waals surface area contributed by atoms with Gasteiger partial charge >= 0.3 is 5.69 Å². The molecule has 1 N–H and O–H groups in total. The fourth-order valence-corrected chi connectivity index (χ4v) is 3.87. The second kappa shape index (κ2) is 9.21. The Kier molecular flexibility index (Phi) is 6.70. The maximum atomic E-state index is 12.6. The molecule has 7 nitrogen and oxygen atoms in total. The number of benzene rings is 1. The molecule has 0 amide bonds. The molecule has 2 heterocycles. The van der Waals surface area contributed by atoms with E-state index in [9.17, 15) is 9.59 Å². The molecule has 0 spiro atoms. The molecule has 0 bridgehead atoms. The first kappa shape index (κ1) is 20.4. The van der Waals surface area contributed by atoms with Crippen LogP contribution in [-0.2, 0) is 27.1 Å². The van der Waals surface area contributed by atoms with Crippen LogP contribution in [0.15, 0.2) is 40.1 Å². The van der Waals surface area contributed by atoms with Crippen LogP contribution in [0.3, 0.4) is 0 Å². The maximum Gasteiger partial charge on any atom is 0.330 e. The number of hydrogen-bond acceptors (Lipinski definition) is 5. The summed E-state index contributed by atoms with van der Waals surface area (Å²) in [6.45, 7) is 3.40. The van der Waals surface area contributed by atoms with E-state index in [0.717, 1.165) is 44.6 Å². The summed E-state index contributed by atoms with van der Waals surface area (Å²) in [5.74, 6) is 0.878. The lowest BCUT2D eigenvalue weighted by molar-refractivity contribution is 0.195. The first-order chi connectivity index (χ1) is 13.5. The summed E-state index contributed by atoms with van der Waals surface area (Å²) in [6.07, 6.45) is 4.71. The number of rotatable bonds is 8. The number of nitrogens with one attached hydrogen (secondary N) is 1. The normalized spacial score (nSPS) is 16.6. The summed E-state index contributed by atoms with van der Waals surface area (Å²) in [5.41, 5.74) is 1.42. The first-order valence-electron chi connectivity index (χ1n) is 9.83. The molecule has 1 aliphatic heterocycles. The molecule has 1 aromatic carbocycles. The Bertz CT molecular complexity index is 913. The molecule has 1 aliphatic rings. The summed E-state index contributed by atoms with van der Waals surface area (Å²) < 4.78 is 7.98. The van der Waals surface area contributed by atoms with E-state index in [1.807, 2.05) is 12.1 Å². The third kappa shape index (κ3) is 4.72. The van der Waals surface area contributed by atoms with Gasteiger partial charge in [-0.15, -0.1) is 0 Å². The lowest BCUT2D eigenvalue weighted by Crippen LogP contribution is -2.43. The van der Waals surface area contributed by atoms with Crippen LogP contribution in [0.5, 0.6) is 5.75 Å². The molecule has 1 fully saturated rings. The topological polar surface area (TPSA) is 68.5 Å². The molecular formula is C21H30N4O3. The van der Waals surface area contributed by atoms with Crippen molar-refractivity contribution < 1.29 is 4.74 Å². The summed E-state index contributed by atoms with van der Waals surface area (Å²) in [4.78, 5) is 26.9. The Balaban J connectivity index is 1.71. The van der Waals surface area contributed by atoms with Gasteiger partial charge in [-0.2, -0.15) is 0 Å². The van der Waals surface area contributed by atoms with Gasteiger partial charge in [0.05, 0.1) is 7.11 Å². The molecule has 1 atom stereocenters. The third-order valence-corrected chi connectivity index (χ3v) is 5.49. The van der Waals surface area contributed by atoms with E-state index in [2.05, 4.69) is 22.3 Å². The van der Waals surface area contributed by atoms with Crippen molar-refractivity contribution in [1.82, 2.24) is 19.4 Å². The van der Waals surface area contributed by atoms with Crippen molar-refractivity contribution >= 4 is 0 Å². The van der Waals surface area contributed by atoms with E-state index >= 15 is 0 Å². The number of hydrogen-bond donors (Lipinski definition) is 1. The zero-order valence-electron chi connectivity index (χ0n) is 17.0. The molecule has 1 aromatic heterocycles. The SMILES string of the molecule is COc1cccc(CCCN(Cc2cn(C)c(=O)n(C)c2=O)C2CCNC2)c1. The van der Waals surface area contributed by atoms with Crippen molar-refractivity contribution in [3.8, 4) is 5.75 Å². The van der Waals surface area contributed by atoms with Crippen LogP contribution < -0.4 is 21.3 Å². The van der Waals surface area contributed by atoms with Crippen molar-refractivity contribution in [2.45, 2.75) is 31.8 Å². The molecule has 2 aromatic rings. The van der Waals surface area contributed by atoms with Crippen molar-refractivity contribution in [1.29, 1.82) is 0 Å². The monoisotopic (exact) mass is 386 g/mol. The van der Waals surface area contributed by atoms with Gasteiger partial charge in [-0.1, -0.05) is 12.1 Å². The molecule has 3 rings (SSSR count). The average Bonchev–Trinajstić information content (AvgIpc) is 3.24. The van der Waals surface area contributed by atoms with E-state index in [1.165, 1.54) is 14.7 Å². The molecule has 0 radical (unpaired) electrons. The Morgan fingerprint density at radius 2 is 2.11 bits per heavy atom. The molecule has 7 heteroatoms. The molecule has 0 saturated carbocycles. The highest BCUT2D eigenvalue weighted by molar-refractivity contribution is 5.28. The minimum atomic E-state index is -0.291. The Morgan fingerprint density at radius 1 is 1.29 bits per heavy atom. The van der Waals surface area contributed by atoms with Gasteiger partial charge in [0.25, 0.3) is 5.56 Å². The number of ether oxygens (including phenoxy) is 1. The van der Waals surface area contributed by atoms with Crippen LogP contribution in [0.4, 0.5) is 0 Å². The first-order valence-corrected chi connectivity index (χ1v) is 9.83. The second-order valence-electron chi connectivity index (χ2n) is 7.48. The fraction of sp³-hybridized carbons (Fsp3) is 0.524. The summed E-state index contributed by atoms with van der Waals surface area (Å²) in [6, 6.07) is 8.57. The number of aromatic nitrogens is 2. The molecule has 1 unspecified atom stereocenters. The van der Waals surface area contributed by atoms with Crippen LogP contribution in [0.25, 0.3) is 0 Å². The van der Waals surface area contributed by atoms with Crippen molar-refractivity contribution in [2.24, 2.45) is 14.1 Å². The largest absolute Gasteiger partial charge is 0.497 e. The van der Waals surface area contributed by atoms with Gasteiger partial charge in [-0.25, -0.2) is 4.79 Å². The van der Waals surface area contributed by atoms with Gasteiger partial charge in [-0.05, 0) is 50.0 Å².